The quantitative estimate of drug-likeness (QED) is 0.220. The number of nitrogens with zero attached hydrogens (tertiary/aromatic N) is 4. The summed E-state index contributed by atoms with van der Waals surface area (Å²) in [7, 11) is 0. The van der Waals surface area contributed by atoms with Crippen LogP contribution in [0.2, 0.25) is 0 Å². The highest BCUT2D eigenvalue weighted by Gasteiger charge is 2.23. The van der Waals surface area contributed by atoms with Gasteiger partial charge in [0.15, 0.2) is 5.78 Å². The lowest BCUT2D eigenvalue weighted by Crippen LogP contribution is -2.27. The molecule has 3 N–H and O–H groups in total. The zero-order valence-electron chi connectivity index (χ0n) is 21.8. The molecule has 0 bridgehead atoms. The van der Waals surface area contributed by atoms with Crippen LogP contribution in [0.25, 0.3) is 21.6 Å². The van der Waals surface area contributed by atoms with E-state index in [1.165, 1.54) is 11.3 Å². The topological polar surface area (TPSA) is 122 Å². The molecule has 3 heterocycles. The van der Waals surface area contributed by atoms with Gasteiger partial charge in [-0.25, -0.2) is 9.97 Å². The average molecular weight is 541 g/mol. The molecular formula is C29H28N6O3S. The number of rotatable bonds is 9. The van der Waals surface area contributed by atoms with Crippen LogP contribution in [0.5, 0.6) is 0 Å². The Balaban J connectivity index is 1.41. The molecule has 0 saturated carbocycles. The molecule has 0 atom stereocenters. The zero-order chi connectivity index (χ0) is 27.6. The lowest BCUT2D eigenvalue weighted by molar-refractivity contribution is 0.0630. The highest BCUT2D eigenvalue weighted by molar-refractivity contribution is 7.17. The molecule has 39 heavy (non-hydrogen) atoms. The number of hydrogen-bond donors (Lipinski definition) is 3. The van der Waals surface area contributed by atoms with Gasteiger partial charge in [0, 0.05) is 29.2 Å². The number of Topliss-reactive ketones (excluding diaryl/α,β-unsaturated/α-hetero) is 1. The molecule has 0 unspecified atom stereocenters. The minimum Gasteiger partial charge on any atom is -0.389 e. The number of pyridine rings is 1. The normalized spacial score (nSPS) is 11.5. The van der Waals surface area contributed by atoms with Crippen molar-refractivity contribution in [2.45, 2.75) is 32.9 Å². The van der Waals surface area contributed by atoms with Gasteiger partial charge < -0.3 is 15.0 Å². The highest BCUT2D eigenvalue weighted by Crippen LogP contribution is 2.29. The van der Waals surface area contributed by atoms with Gasteiger partial charge in [-0.3, -0.25) is 19.9 Å². The molecule has 0 saturated heterocycles. The van der Waals surface area contributed by atoms with Gasteiger partial charge in [0.1, 0.15) is 9.88 Å². The number of ketones is 1. The largest absolute Gasteiger partial charge is 0.389 e. The van der Waals surface area contributed by atoms with E-state index in [0.717, 1.165) is 16.8 Å². The number of aromatic nitrogens is 4. The SMILES string of the molecule is Cc1nc(-c2cccnc2)sc1C(=O)Nc1nc2cc(NCC(=O)c3ccccc3)ccc2n1CC(C)(C)O. The van der Waals surface area contributed by atoms with E-state index in [2.05, 4.69) is 25.6 Å². The highest BCUT2D eigenvalue weighted by atomic mass is 32.1. The molecule has 3 aromatic heterocycles. The van der Waals surface area contributed by atoms with Gasteiger partial charge >= 0.3 is 0 Å². The molecule has 0 aliphatic carbocycles. The monoisotopic (exact) mass is 540 g/mol. The number of benzene rings is 2. The van der Waals surface area contributed by atoms with Gasteiger partial charge in [0.05, 0.1) is 35.4 Å². The van der Waals surface area contributed by atoms with Crippen LogP contribution in [-0.2, 0) is 6.54 Å². The minimum absolute atomic E-state index is 0.0261. The van der Waals surface area contributed by atoms with Crippen LogP contribution in [-0.4, -0.2) is 48.5 Å². The Hall–Kier alpha value is -4.41. The molecule has 198 valence electrons. The predicted molar refractivity (Wildman–Crippen MR) is 153 cm³/mol. The number of aryl methyl sites for hydroxylation is 1. The maximum Gasteiger partial charge on any atom is 0.269 e. The van der Waals surface area contributed by atoms with E-state index in [4.69, 9.17) is 0 Å². The molecule has 1 amide bonds. The minimum atomic E-state index is -1.06. The first-order valence-corrected chi connectivity index (χ1v) is 13.2. The molecule has 9 nitrogen and oxygen atoms in total. The van der Waals surface area contributed by atoms with E-state index in [1.807, 2.05) is 48.5 Å². The number of aliphatic hydroxyl groups is 1. The fourth-order valence-corrected chi connectivity index (χ4v) is 5.12. The fourth-order valence-electron chi connectivity index (χ4n) is 4.17. The molecule has 10 heteroatoms. The summed E-state index contributed by atoms with van der Waals surface area (Å²) in [4.78, 5) is 39.7. The molecule has 5 rings (SSSR count). The third-order valence-corrected chi connectivity index (χ3v) is 7.18. The van der Waals surface area contributed by atoms with Gasteiger partial charge in [-0.05, 0) is 51.1 Å². The smallest absolute Gasteiger partial charge is 0.269 e. The van der Waals surface area contributed by atoms with Crippen molar-refractivity contribution in [3.05, 3.63) is 89.2 Å². The zero-order valence-corrected chi connectivity index (χ0v) is 22.6. The van der Waals surface area contributed by atoms with Crippen LogP contribution < -0.4 is 10.6 Å². The summed E-state index contributed by atoms with van der Waals surface area (Å²) in [5, 5.41) is 17.4. The van der Waals surface area contributed by atoms with Crippen LogP contribution in [0.3, 0.4) is 0 Å². The van der Waals surface area contributed by atoms with Crippen molar-refractivity contribution >= 4 is 45.7 Å². The van der Waals surface area contributed by atoms with Crippen molar-refractivity contribution in [2.75, 3.05) is 17.2 Å². The van der Waals surface area contributed by atoms with Gasteiger partial charge in [0.25, 0.3) is 5.91 Å². The summed E-state index contributed by atoms with van der Waals surface area (Å²) < 4.78 is 1.78. The predicted octanol–water partition coefficient (Wildman–Crippen LogP) is 5.18. The maximum absolute atomic E-state index is 13.3. The molecule has 0 fully saturated rings. The van der Waals surface area contributed by atoms with Crippen molar-refractivity contribution < 1.29 is 14.7 Å². The summed E-state index contributed by atoms with van der Waals surface area (Å²) in [6, 6.07) is 18.3. The summed E-state index contributed by atoms with van der Waals surface area (Å²) in [6.07, 6.45) is 3.40. The fraction of sp³-hybridized carbons (Fsp3) is 0.207. The summed E-state index contributed by atoms with van der Waals surface area (Å²) in [5.41, 5.74) is 3.10. The van der Waals surface area contributed by atoms with Crippen molar-refractivity contribution in [1.82, 2.24) is 19.5 Å². The van der Waals surface area contributed by atoms with Crippen LogP contribution >= 0.6 is 11.3 Å². The Morgan fingerprint density at radius 1 is 1.05 bits per heavy atom. The number of carbonyl (C=O) groups is 2. The second-order valence-electron chi connectivity index (χ2n) is 9.81. The van der Waals surface area contributed by atoms with Crippen molar-refractivity contribution in [2.24, 2.45) is 0 Å². The molecule has 0 spiro atoms. The van der Waals surface area contributed by atoms with Gasteiger partial charge in [-0.15, -0.1) is 11.3 Å². The van der Waals surface area contributed by atoms with Gasteiger partial charge in [-0.1, -0.05) is 30.3 Å². The molecule has 0 aliphatic heterocycles. The summed E-state index contributed by atoms with van der Waals surface area (Å²) in [5.74, 6) is -0.0496. The third-order valence-electron chi connectivity index (χ3n) is 5.98. The summed E-state index contributed by atoms with van der Waals surface area (Å²) >= 11 is 1.28. The number of thiazole rings is 1. The first-order valence-electron chi connectivity index (χ1n) is 12.4. The molecule has 5 aromatic rings. The number of anilines is 2. The number of nitrogens with one attached hydrogen (secondary N) is 2. The van der Waals surface area contributed by atoms with Crippen molar-refractivity contribution in [3.63, 3.8) is 0 Å². The Bertz CT molecular complexity index is 1640. The lowest BCUT2D eigenvalue weighted by atomic mass is 10.1. The van der Waals surface area contributed by atoms with Crippen LogP contribution in [0.1, 0.15) is 39.6 Å². The first kappa shape index (κ1) is 26.2. The van der Waals surface area contributed by atoms with E-state index < -0.39 is 5.60 Å². The number of imidazole rings is 1. The number of hydrogen-bond acceptors (Lipinski definition) is 8. The van der Waals surface area contributed by atoms with E-state index in [-0.39, 0.29) is 24.8 Å². The Morgan fingerprint density at radius 2 is 1.85 bits per heavy atom. The van der Waals surface area contributed by atoms with Crippen molar-refractivity contribution in [1.29, 1.82) is 0 Å². The van der Waals surface area contributed by atoms with Crippen molar-refractivity contribution in [3.8, 4) is 10.6 Å². The molecule has 2 aromatic carbocycles. The van der Waals surface area contributed by atoms with Crippen LogP contribution in [0.15, 0.2) is 73.1 Å². The van der Waals surface area contributed by atoms with E-state index in [1.54, 1.807) is 49.9 Å². The van der Waals surface area contributed by atoms with Crippen LogP contribution in [0.4, 0.5) is 11.6 Å². The van der Waals surface area contributed by atoms with E-state index >= 15 is 0 Å². The molecular weight excluding hydrogens is 512 g/mol. The Labute approximate surface area is 229 Å². The number of fused-ring (bicyclic) bond motifs is 1. The van der Waals surface area contributed by atoms with Crippen LogP contribution in [0, 0.1) is 6.92 Å². The van der Waals surface area contributed by atoms with Gasteiger partial charge in [-0.2, -0.15) is 0 Å². The molecule has 0 aliphatic rings. The second kappa shape index (κ2) is 10.8. The Morgan fingerprint density at radius 3 is 2.56 bits per heavy atom. The maximum atomic E-state index is 13.3. The Kier molecular flexibility index (Phi) is 7.23. The van der Waals surface area contributed by atoms with Gasteiger partial charge in [0.2, 0.25) is 5.95 Å². The lowest BCUT2D eigenvalue weighted by Gasteiger charge is -2.20. The third kappa shape index (κ3) is 6.02. The first-order chi connectivity index (χ1) is 18.7. The standard InChI is InChI=1S/C29H28N6O3S/c1-18-25(39-27(32-18)20-10-7-13-30-15-20)26(37)34-28-33-22-14-21(11-12-23(22)35(28)17-29(2,3)38)31-16-24(36)19-8-5-4-6-9-19/h4-15,31,38H,16-17H2,1-3H3,(H,33,34,37). The molecule has 0 radical (unpaired) electrons. The van der Waals surface area contributed by atoms with E-state index in [0.29, 0.717) is 32.6 Å². The van der Waals surface area contributed by atoms with E-state index in [9.17, 15) is 14.7 Å². The summed E-state index contributed by atoms with van der Waals surface area (Å²) in [6.45, 7) is 5.53. The second-order valence-corrected chi connectivity index (χ2v) is 10.8. The number of carbonyl (C=O) groups excluding carboxylic acids is 2. The average Bonchev–Trinajstić information content (AvgIpc) is 3.47. The number of amides is 1.